The van der Waals surface area contributed by atoms with Crippen molar-refractivity contribution < 1.29 is 30.0 Å². The first-order valence-corrected chi connectivity index (χ1v) is 22.8. The van der Waals surface area contributed by atoms with Gasteiger partial charge in [-0.1, -0.05) is 41.5 Å². The number of aryl methyl sites for hydroxylation is 4. The quantitative estimate of drug-likeness (QED) is 0.0663. The Hall–Kier alpha value is -2.34. The number of ketones is 1. The molecule has 0 aliphatic rings. The van der Waals surface area contributed by atoms with Gasteiger partial charge in [-0.2, -0.15) is 0 Å². The molecule has 0 aliphatic heterocycles. The molecule has 0 amide bonds. The number of carbonyl (C=O) groups is 1. The van der Waals surface area contributed by atoms with Crippen molar-refractivity contribution in [3.05, 3.63) is 76.8 Å². The number of rotatable bonds is 7. The van der Waals surface area contributed by atoms with Crippen molar-refractivity contribution in [3.8, 4) is 11.3 Å². The molecule has 1 heterocycles. The summed E-state index contributed by atoms with van der Waals surface area (Å²) in [5.74, 6) is 8.34. The van der Waals surface area contributed by atoms with Crippen molar-refractivity contribution in [3.63, 3.8) is 0 Å². The van der Waals surface area contributed by atoms with E-state index in [1.165, 1.54) is 32.4 Å². The van der Waals surface area contributed by atoms with Crippen molar-refractivity contribution in [2.75, 3.05) is 0 Å². The first-order chi connectivity index (χ1) is 19.8. The number of carbonyl (C=O) groups excluding carboxylic acids is 1. The maximum Gasteiger partial charge on any atom is 0 e. The van der Waals surface area contributed by atoms with Gasteiger partial charge in [-0.3, -0.25) is 4.79 Å². The molecular formula is C38H51GeIrN2O2-. The number of hydrogen-bond donors (Lipinski definition) is 1. The Labute approximate surface area is 281 Å². The molecule has 44 heavy (non-hydrogen) atoms. The molecule has 4 rings (SSSR count). The van der Waals surface area contributed by atoms with Gasteiger partial charge in [-0.05, 0) is 12.8 Å². The fraction of sp³-hybridized carbons (Fsp3) is 0.447. The van der Waals surface area contributed by atoms with E-state index in [1.54, 1.807) is 0 Å². The summed E-state index contributed by atoms with van der Waals surface area (Å²) >= 11 is -1.90. The van der Waals surface area contributed by atoms with Gasteiger partial charge < -0.3 is 5.11 Å². The number of hydrogen-bond acceptors (Lipinski definition) is 4. The van der Waals surface area contributed by atoms with Gasteiger partial charge in [-0.25, -0.2) is 0 Å². The molecule has 4 nitrogen and oxygen atoms in total. The Morgan fingerprint density at radius 3 is 2.07 bits per heavy atom. The molecule has 239 valence electrons. The van der Waals surface area contributed by atoms with Crippen LogP contribution in [0.15, 0.2) is 48.2 Å². The smallest absolute Gasteiger partial charge is 0 e. The van der Waals surface area contributed by atoms with Crippen molar-refractivity contribution in [1.29, 1.82) is 0 Å². The predicted octanol–water partition coefficient (Wildman–Crippen LogP) is 9.90. The molecule has 0 saturated carbocycles. The molecule has 0 fully saturated rings. The molecule has 1 aromatic heterocycles. The average molecular weight is 833 g/mol. The summed E-state index contributed by atoms with van der Waals surface area (Å²) in [4.78, 5) is 21.5. The SMILES string of the molecule is CCC(C)(C)C(=O)/C=C(\O)C(C)(C)CC.Cc1[c-]c(-c2nc(C)nc3c2ccc2c[c]([Ge]([CH3])([CH3])[CH3])cc(C)c23)cc(C)c1.[Ir]. The normalized spacial score (nSPS) is 12.5. The Morgan fingerprint density at radius 2 is 1.52 bits per heavy atom. The molecule has 0 saturated heterocycles. The number of benzene rings is 3. The Morgan fingerprint density at radius 1 is 0.909 bits per heavy atom. The van der Waals surface area contributed by atoms with Crippen molar-refractivity contribution >= 4 is 45.1 Å². The van der Waals surface area contributed by atoms with Crippen LogP contribution in [0.25, 0.3) is 32.9 Å². The van der Waals surface area contributed by atoms with E-state index in [0.29, 0.717) is 0 Å². The Balaban J connectivity index is 0.000000363. The summed E-state index contributed by atoms with van der Waals surface area (Å²) in [5.41, 5.74) is 6.08. The van der Waals surface area contributed by atoms with Crippen LogP contribution in [0.4, 0.5) is 0 Å². The number of nitrogens with zero attached hydrogens (tertiary/aromatic N) is 2. The van der Waals surface area contributed by atoms with Crippen molar-refractivity contribution in [2.45, 2.75) is 99.3 Å². The standard InChI is InChI=1S/C25H27GeN2.C13H24O2.Ir/c1-15-10-16(2)12-20(11-15)24-22-9-8-19-14-21(26(5,6)7)13-17(3)23(19)25(22)28-18(4)27-24;1-7-12(3,4)10(14)9-11(15)13(5,6)8-2;/h8-11,13-14H,1-7H3;9,14H,7-8H2,1-6H3;/q-1;;/b;10-9-;. The zero-order valence-corrected chi connectivity index (χ0v) is 33.5. The zero-order valence-electron chi connectivity index (χ0n) is 29.0. The van der Waals surface area contributed by atoms with E-state index in [1.807, 2.05) is 48.5 Å². The van der Waals surface area contributed by atoms with Crippen LogP contribution in [0.3, 0.4) is 0 Å². The number of aliphatic hydroxyl groups is 1. The monoisotopic (exact) mass is 834 g/mol. The fourth-order valence-corrected chi connectivity index (χ4v) is 7.50. The molecule has 0 spiro atoms. The topological polar surface area (TPSA) is 63.1 Å². The summed E-state index contributed by atoms with van der Waals surface area (Å²) in [6, 6.07) is 17.0. The van der Waals surface area contributed by atoms with Gasteiger partial charge in [0.05, 0.1) is 0 Å². The van der Waals surface area contributed by atoms with Gasteiger partial charge in [0.25, 0.3) is 0 Å². The molecule has 3 aromatic carbocycles. The van der Waals surface area contributed by atoms with Crippen LogP contribution in [0.2, 0.25) is 17.3 Å². The van der Waals surface area contributed by atoms with Gasteiger partial charge in [0.1, 0.15) is 5.76 Å². The molecule has 1 radical (unpaired) electrons. The molecule has 0 bridgehead atoms. The van der Waals surface area contributed by atoms with Crippen molar-refractivity contribution in [2.24, 2.45) is 10.8 Å². The third kappa shape index (κ3) is 8.68. The number of allylic oxidation sites excluding steroid dienone is 2. The van der Waals surface area contributed by atoms with E-state index in [2.05, 4.69) is 80.5 Å². The molecule has 0 unspecified atom stereocenters. The second-order valence-corrected chi connectivity index (χ2v) is 25.0. The summed E-state index contributed by atoms with van der Waals surface area (Å²) < 4.78 is 1.54. The minimum absolute atomic E-state index is 0. The third-order valence-corrected chi connectivity index (χ3v) is 13.0. The van der Waals surface area contributed by atoms with Crippen LogP contribution in [-0.4, -0.2) is 34.1 Å². The molecule has 1 N–H and O–H groups in total. The summed E-state index contributed by atoms with van der Waals surface area (Å²) in [5, 5.41) is 13.5. The van der Waals surface area contributed by atoms with Crippen LogP contribution >= 0.6 is 0 Å². The van der Waals surface area contributed by atoms with Gasteiger partial charge in [0.15, 0.2) is 5.78 Å². The van der Waals surface area contributed by atoms with E-state index in [-0.39, 0.29) is 42.5 Å². The Bertz CT molecular complexity index is 1680. The van der Waals surface area contributed by atoms with E-state index in [0.717, 1.165) is 46.4 Å². The predicted molar refractivity (Wildman–Crippen MR) is 187 cm³/mol. The first kappa shape index (κ1) is 37.8. The molecular weight excluding hydrogens is 781 g/mol. The summed E-state index contributed by atoms with van der Waals surface area (Å²) in [6.45, 7) is 20.1. The molecule has 0 atom stereocenters. The van der Waals surface area contributed by atoms with Gasteiger partial charge in [0.2, 0.25) is 0 Å². The van der Waals surface area contributed by atoms with E-state index >= 15 is 0 Å². The molecule has 4 aromatic rings. The van der Waals surface area contributed by atoms with E-state index in [9.17, 15) is 9.90 Å². The van der Waals surface area contributed by atoms with Crippen LogP contribution in [0.5, 0.6) is 0 Å². The van der Waals surface area contributed by atoms with Gasteiger partial charge in [0, 0.05) is 37.0 Å². The number of aliphatic hydroxyl groups excluding tert-OH is 1. The summed E-state index contributed by atoms with van der Waals surface area (Å²) in [7, 11) is 0. The van der Waals surface area contributed by atoms with E-state index < -0.39 is 13.3 Å². The van der Waals surface area contributed by atoms with Gasteiger partial charge in [-0.15, -0.1) is 0 Å². The molecule has 0 aliphatic carbocycles. The van der Waals surface area contributed by atoms with Crippen LogP contribution in [0, 0.1) is 44.6 Å². The average Bonchev–Trinajstić information content (AvgIpc) is 2.91. The number of fused-ring (bicyclic) bond motifs is 3. The number of aromatic nitrogens is 2. The largest absolute Gasteiger partial charge is 0 e. The Kier molecular flexibility index (Phi) is 12.4. The maximum atomic E-state index is 11.8. The fourth-order valence-electron chi connectivity index (χ4n) is 4.90. The van der Waals surface area contributed by atoms with Crippen LogP contribution in [-0.2, 0) is 24.9 Å². The maximum absolute atomic E-state index is 11.8. The van der Waals surface area contributed by atoms with E-state index in [4.69, 9.17) is 9.97 Å². The van der Waals surface area contributed by atoms with Gasteiger partial charge >= 0.3 is 171 Å². The second kappa shape index (κ2) is 14.4. The minimum atomic E-state index is -1.90. The zero-order chi connectivity index (χ0) is 32.5. The molecule has 6 heteroatoms. The van der Waals surface area contributed by atoms with Crippen molar-refractivity contribution in [1.82, 2.24) is 9.97 Å². The van der Waals surface area contributed by atoms with Crippen LogP contribution < -0.4 is 4.40 Å². The summed E-state index contributed by atoms with van der Waals surface area (Å²) in [6.07, 6.45) is 2.99. The third-order valence-electron chi connectivity index (χ3n) is 8.76. The van der Waals surface area contributed by atoms with Crippen LogP contribution in [0.1, 0.15) is 76.9 Å². The minimum Gasteiger partial charge on any atom is 0 e. The first-order valence-electron chi connectivity index (χ1n) is 15.5. The second-order valence-electron chi connectivity index (χ2n) is 14.3.